The van der Waals surface area contributed by atoms with Gasteiger partial charge >= 0.3 is 0 Å². The topological polar surface area (TPSA) is 26.3 Å². The van der Waals surface area contributed by atoms with Crippen molar-refractivity contribution in [2.24, 2.45) is 11.3 Å². The van der Waals surface area contributed by atoms with E-state index in [0.717, 1.165) is 12.8 Å². The van der Waals surface area contributed by atoms with Crippen molar-refractivity contribution in [3.05, 3.63) is 0 Å². The third-order valence-corrected chi connectivity index (χ3v) is 3.40. The van der Waals surface area contributed by atoms with Gasteiger partial charge in [-0.2, -0.15) is 0 Å². The van der Waals surface area contributed by atoms with E-state index < -0.39 is 0 Å². The van der Waals surface area contributed by atoms with E-state index in [1.165, 1.54) is 6.42 Å². The zero-order valence-corrected chi connectivity index (χ0v) is 7.09. The lowest BCUT2D eigenvalue weighted by atomic mass is 9.49. The molecule has 2 rings (SSSR count). The SMILES string of the molecule is CO[C@@H]1[C@H](C)C(=O)C12CCC2. The molecule has 0 aromatic heterocycles. The molecule has 2 fully saturated rings. The van der Waals surface area contributed by atoms with Gasteiger partial charge in [-0.25, -0.2) is 0 Å². The lowest BCUT2D eigenvalue weighted by Crippen LogP contribution is -2.64. The maximum atomic E-state index is 11.5. The van der Waals surface area contributed by atoms with Crippen molar-refractivity contribution in [3.63, 3.8) is 0 Å². The molecular weight excluding hydrogens is 140 g/mol. The largest absolute Gasteiger partial charge is 0.380 e. The number of rotatable bonds is 1. The van der Waals surface area contributed by atoms with Crippen molar-refractivity contribution in [1.29, 1.82) is 0 Å². The fourth-order valence-electron chi connectivity index (χ4n) is 2.63. The Bertz CT molecular complexity index is 194. The molecule has 2 saturated carbocycles. The Morgan fingerprint density at radius 2 is 2.18 bits per heavy atom. The molecule has 2 aliphatic carbocycles. The highest BCUT2D eigenvalue weighted by atomic mass is 16.5. The summed E-state index contributed by atoms with van der Waals surface area (Å²) in [5, 5.41) is 0. The maximum Gasteiger partial charge on any atom is 0.147 e. The van der Waals surface area contributed by atoms with Crippen molar-refractivity contribution < 1.29 is 9.53 Å². The normalized spacial score (nSPS) is 40.0. The van der Waals surface area contributed by atoms with Gasteiger partial charge in [-0.15, -0.1) is 0 Å². The van der Waals surface area contributed by atoms with Gasteiger partial charge < -0.3 is 4.74 Å². The Balaban J connectivity index is 2.15. The molecule has 0 aromatic rings. The third-order valence-electron chi connectivity index (χ3n) is 3.40. The number of hydrogen-bond acceptors (Lipinski definition) is 2. The molecule has 2 atom stereocenters. The highest BCUT2D eigenvalue weighted by Crippen LogP contribution is 2.56. The van der Waals surface area contributed by atoms with Gasteiger partial charge in [-0.3, -0.25) is 4.79 Å². The van der Waals surface area contributed by atoms with Gasteiger partial charge in [0.15, 0.2) is 0 Å². The molecule has 0 heterocycles. The van der Waals surface area contributed by atoms with Crippen LogP contribution >= 0.6 is 0 Å². The zero-order chi connectivity index (χ0) is 8.06. The Kier molecular flexibility index (Phi) is 1.37. The molecule has 0 aromatic carbocycles. The van der Waals surface area contributed by atoms with Crippen LogP contribution in [0.2, 0.25) is 0 Å². The first-order valence-corrected chi connectivity index (χ1v) is 4.29. The van der Waals surface area contributed by atoms with Crippen LogP contribution in [0.15, 0.2) is 0 Å². The van der Waals surface area contributed by atoms with E-state index in [4.69, 9.17) is 4.74 Å². The molecule has 0 radical (unpaired) electrons. The van der Waals surface area contributed by atoms with Crippen LogP contribution in [0, 0.1) is 11.3 Å². The highest BCUT2D eigenvalue weighted by molar-refractivity contribution is 5.95. The van der Waals surface area contributed by atoms with E-state index in [9.17, 15) is 4.79 Å². The molecule has 11 heavy (non-hydrogen) atoms. The lowest BCUT2D eigenvalue weighted by Gasteiger charge is -2.56. The fourth-order valence-corrected chi connectivity index (χ4v) is 2.63. The van der Waals surface area contributed by atoms with Gasteiger partial charge in [0.25, 0.3) is 0 Å². The summed E-state index contributed by atoms with van der Waals surface area (Å²) in [5.74, 6) is 0.593. The smallest absolute Gasteiger partial charge is 0.147 e. The molecule has 2 aliphatic rings. The number of carbonyl (C=O) groups excluding carboxylic acids is 1. The summed E-state index contributed by atoms with van der Waals surface area (Å²) in [5.41, 5.74) is -0.0197. The summed E-state index contributed by atoms with van der Waals surface area (Å²) in [6, 6.07) is 0. The summed E-state index contributed by atoms with van der Waals surface area (Å²) >= 11 is 0. The summed E-state index contributed by atoms with van der Waals surface area (Å²) < 4.78 is 5.31. The van der Waals surface area contributed by atoms with Crippen molar-refractivity contribution in [2.75, 3.05) is 7.11 Å². The molecule has 0 unspecified atom stereocenters. The van der Waals surface area contributed by atoms with Crippen LogP contribution < -0.4 is 0 Å². The predicted octanol–water partition coefficient (Wildman–Crippen LogP) is 1.39. The molecule has 0 bridgehead atoms. The second-order valence-electron chi connectivity index (χ2n) is 3.82. The van der Waals surface area contributed by atoms with E-state index in [1.807, 2.05) is 6.92 Å². The summed E-state index contributed by atoms with van der Waals surface area (Å²) in [4.78, 5) is 11.5. The van der Waals surface area contributed by atoms with Crippen LogP contribution in [0.4, 0.5) is 0 Å². The van der Waals surface area contributed by atoms with Gasteiger partial charge in [-0.1, -0.05) is 13.3 Å². The van der Waals surface area contributed by atoms with E-state index >= 15 is 0 Å². The molecule has 0 amide bonds. The van der Waals surface area contributed by atoms with Gasteiger partial charge in [0.05, 0.1) is 11.5 Å². The first kappa shape index (κ1) is 7.29. The minimum Gasteiger partial charge on any atom is -0.380 e. The summed E-state index contributed by atoms with van der Waals surface area (Å²) in [7, 11) is 1.72. The molecule has 2 heteroatoms. The minimum atomic E-state index is -0.0197. The van der Waals surface area contributed by atoms with Crippen molar-refractivity contribution in [3.8, 4) is 0 Å². The van der Waals surface area contributed by atoms with Crippen molar-refractivity contribution in [2.45, 2.75) is 32.3 Å². The Morgan fingerprint density at radius 3 is 2.45 bits per heavy atom. The minimum absolute atomic E-state index is 0.0197. The predicted molar refractivity (Wildman–Crippen MR) is 41.3 cm³/mol. The van der Waals surface area contributed by atoms with Crippen LogP contribution in [-0.2, 0) is 9.53 Å². The van der Waals surface area contributed by atoms with Gasteiger partial charge in [0, 0.05) is 13.0 Å². The molecule has 0 N–H and O–H groups in total. The average Bonchev–Trinajstić information content (AvgIpc) is 1.93. The van der Waals surface area contributed by atoms with Crippen LogP contribution in [0.25, 0.3) is 0 Å². The zero-order valence-electron chi connectivity index (χ0n) is 7.09. The van der Waals surface area contributed by atoms with Crippen LogP contribution in [0.3, 0.4) is 0 Å². The molecule has 0 saturated heterocycles. The number of ether oxygens (including phenoxy) is 1. The van der Waals surface area contributed by atoms with E-state index in [2.05, 4.69) is 0 Å². The molecule has 1 spiro atoms. The standard InChI is InChI=1S/C9H14O2/c1-6-7(10)9(4-3-5-9)8(6)11-2/h6,8H,3-5H2,1-2H3/t6-,8-/m1/s1. The number of ketones is 1. The van der Waals surface area contributed by atoms with Gasteiger partial charge in [-0.05, 0) is 12.8 Å². The fraction of sp³-hybridized carbons (Fsp3) is 0.889. The van der Waals surface area contributed by atoms with Crippen molar-refractivity contribution in [1.82, 2.24) is 0 Å². The number of methoxy groups -OCH3 is 1. The van der Waals surface area contributed by atoms with Crippen molar-refractivity contribution >= 4 is 5.78 Å². The number of carbonyl (C=O) groups is 1. The van der Waals surface area contributed by atoms with Gasteiger partial charge in [0.1, 0.15) is 5.78 Å². The lowest BCUT2D eigenvalue weighted by molar-refractivity contribution is -0.188. The van der Waals surface area contributed by atoms with E-state index in [0.29, 0.717) is 5.78 Å². The Hall–Kier alpha value is -0.370. The average molecular weight is 154 g/mol. The number of Topliss-reactive ketones (excluding diaryl/α,β-unsaturated/α-hetero) is 1. The van der Waals surface area contributed by atoms with E-state index in [-0.39, 0.29) is 17.4 Å². The summed E-state index contributed by atoms with van der Waals surface area (Å²) in [6.07, 6.45) is 3.56. The van der Waals surface area contributed by atoms with Gasteiger partial charge in [0.2, 0.25) is 0 Å². The van der Waals surface area contributed by atoms with Crippen LogP contribution in [0.1, 0.15) is 26.2 Å². The Labute approximate surface area is 66.9 Å². The second kappa shape index (κ2) is 2.07. The van der Waals surface area contributed by atoms with E-state index in [1.54, 1.807) is 7.11 Å². The molecular formula is C9H14O2. The maximum absolute atomic E-state index is 11.5. The first-order valence-electron chi connectivity index (χ1n) is 4.29. The first-order chi connectivity index (χ1) is 5.22. The second-order valence-corrected chi connectivity index (χ2v) is 3.82. The monoisotopic (exact) mass is 154 g/mol. The third kappa shape index (κ3) is 0.639. The number of hydrogen-bond donors (Lipinski definition) is 0. The molecule has 0 aliphatic heterocycles. The molecule has 62 valence electrons. The summed E-state index contributed by atoms with van der Waals surface area (Å²) in [6.45, 7) is 1.97. The van der Waals surface area contributed by atoms with Crippen LogP contribution in [-0.4, -0.2) is 19.0 Å². The quantitative estimate of drug-likeness (QED) is 0.570. The van der Waals surface area contributed by atoms with Crippen LogP contribution in [0.5, 0.6) is 0 Å². The Morgan fingerprint density at radius 1 is 1.55 bits per heavy atom. The highest BCUT2D eigenvalue weighted by Gasteiger charge is 2.62. The molecule has 2 nitrogen and oxygen atoms in total.